The molecule has 0 saturated heterocycles. The molecule has 0 saturated carbocycles. The van der Waals surface area contributed by atoms with Crippen molar-refractivity contribution in [1.29, 1.82) is 0 Å². The van der Waals surface area contributed by atoms with Crippen LogP contribution in [0.3, 0.4) is 0 Å². The number of carboxylic acid groups (broad SMARTS) is 1. The van der Waals surface area contributed by atoms with Gasteiger partial charge in [0.25, 0.3) is 0 Å². The summed E-state index contributed by atoms with van der Waals surface area (Å²) in [7, 11) is 0. The van der Waals surface area contributed by atoms with Crippen molar-refractivity contribution >= 4 is 5.97 Å². The topological polar surface area (TPSA) is 55.8 Å². The second-order valence-corrected chi connectivity index (χ2v) is 5.10. The van der Waals surface area contributed by atoms with Crippen LogP contribution in [0.1, 0.15) is 21.5 Å². The number of hydrogen-bond acceptors (Lipinski definition) is 3. The predicted octanol–water partition coefficient (Wildman–Crippen LogP) is 3.08. The Bertz CT molecular complexity index is 653. The van der Waals surface area contributed by atoms with Gasteiger partial charge >= 0.3 is 5.97 Å². The molecule has 1 N–H and O–H groups in total. The van der Waals surface area contributed by atoms with E-state index in [1.165, 1.54) is 5.56 Å². The van der Waals surface area contributed by atoms with Crippen LogP contribution in [0.5, 0.6) is 11.5 Å². The molecule has 0 aliphatic carbocycles. The minimum atomic E-state index is -0.942. The van der Waals surface area contributed by atoms with Crippen molar-refractivity contribution in [1.82, 2.24) is 0 Å². The van der Waals surface area contributed by atoms with Gasteiger partial charge in [0.1, 0.15) is 24.2 Å². The smallest absolute Gasteiger partial charge is 0.336 e. The Kier molecular flexibility index (Phi) is 3.52. The lowest BCUT2D eigenvalue weighted by Gasteiger charge is -2.14. The molecule has 1 aliphatic heterocycles. The van der Waals surface area contributed by atoms with Crippen LogP contribution in [0.15, 0.2) is 42.5 Å². The summed E-state index contributed by atoms with van der Waals surface area (Å²) in [6.45, 7) is 2.15. The molecule has 4 nitrogen and oxygen atoms in total. The molecule has 0 aromatic heterocycles. The summed E-state index contributed by atoms with van der Waals surface area (Å²) in [5, 5.41) is 9.11. The maximum absolute atomic E-state index is 11.1. The maximum Gasteiger partial charge on any atom is 0.336 e. The highest BCUT2D eigenvalue weighted by molar-refractivity contribution is 5.90. The minimum absolute atomic E-state index is 0.0321. The van der Waals surface area contributed by atoms with Crippen molar-refractivity contribution in [2.75, 3.05) is 6.61 Å². The number of carbonyl (C=O) groups is 1. The summed E-state index contributed by atoms with van der Waals surface area (Å²) >= 11 is 0. The Morgan fingerprint density at radius 2 is 2.10 bits per heavy atom. The molecular formula is C17H16O4. The van der Waals surface area contributed by atoms with Gasteiger partial charge in [-0.05, 0) is 30.7 Å². The standard InChI is InChI=1S/C17H16O4/c1-11-14(17(18)19)6-4-8-15(11)20-10-13-9-12-5-2-3-7-16(12)21-13/h2-8,13H,9-10H2,1H3,(H,18,19). The molecule has 108 valence electrons. The molecule has 0 radical (unpaired) electrons. The van der Waals surface area contributed by atoms with Crippen LogP contribution < -0.4 is 9.47 Å². The summed E-state index contributed by atoms with van der Waals surface area (Å²) in [6.07, 6.45) is 0.781. The van der Waals surface area contributed by atoms with Gasteiger partial charge in [-0.2, -0.15) is 0 Å². The van der Waals surface area contributed by atoms with E-state index in [4.69, 9.17) is 14.6 Å². The highest BCUT2D eigenvalue weighted by atomic mass is 16.5. The van der Waals surface area contributed by atoms with E-state index < -0.39 is 5.97 Å². The molecule has 4 heteroatoms. The number of aromatic carboxylic acids is 1. The van der Waals surface area contributed by atoms with Crippen molar-refractivity contribution in [3.8, 4) is 11.5 Å². The average molecular weight is 284 g/mol. The molecule has 1 heterocycles. The van der Waals surface area contributed by atoms with E-state index in [1.54, 1.807) is 25.1 Å². The molecule has 1 unspecified atom stereocenters. The summed E-state index contributed by atoms with van der Waals surface area (Å²) < 4.78 is 11.6. The van der Waals surface area contributed by atoms with E-state index >= 15 is 0 Å². The summed E-state index contributed by atoms with van der Waals surface area (Å²) in [4.78, 5) is 11.1. The van der Waals surface area contributed by atoms with Gasteiger partial charge in [-0.25, -0.2) is 4.79 Å². The fourth-order valence-corrected chi connectivity index (χ4v) is 2.53. The normalized spacial score (nSPS) is 16.1. The Balaban J connectivity index is 1.67. The van der Waals surface area contributed by atoms with Crippen molar-refractivity contribution in [2.24, 2.45) is 0 Å². The van der Waals surface area contributed by atoms with Crippen LogP contribution in [0, 0.1) is 6.92 Å². The van der Waals surface area contributed by atoms with Crippen LogP contribution in [0.2, 0.25) is 0 Å². The first-order valence-electron chi connectivity index (χ1n) is 6.85. The number of fused-ring (bicyclic) bond motifs is 1. The fourth-order valence-electron chi connectivity index (χ4n) is 2.53. The van der Waals surface area contributed by atoms with E-state index in [-0.39, 0.29) is 11.7 Å². The van der Waals surface area contributed by atoms with Gasteiger partial charge in [0.05, 0.1) is 5.56 Å². The third kappa shape index (κ3) is 2.70. The summed E-state index contributed by atoms with van der Waals surface area (Å²) in [5.74, 6) is 0.555. The fraction of sp³-hybridized carbons (Fsp3) is 0.235. The zero-order valence-corrected chi connectivity index (χ0v) is 11.7. The lowest BCUT2D eigenvalue weighted by atomic mass is 10.1. The Labute approximate surface area is 122 Å². The van der Waals surface area contributed by atoms with E-state index in [9.17, 15) is 4.79 Å². The highest BCUT2D eigenvalue weighted by Gasteiger charge is 2.23. The van der Waals surface area contributed by atoms with Crippen LogP contribution in [0.4, 0.5) is 0 Å². The predicted molar refractivity (Wildman–Crippen MR) is 78.2 cm³/mol. The largest absolute Gasteiger partial charge is 0.489 e. The number of para-hydroxylation sites is 1. The van der Waals surface area contributed by atoms with Crippen molar-refractivity contribution < 1.29 is 19.4 Å². The van der Waals surface area contributed by atoms with Gasteiger partial charge in [0, 0.05) is 12.0 Å². The van der Waals surface area contributed by atoms with Crippen molar-refractivity contribution in [2.45, 2.75) is 19.4 Å². The number of ether oxygens (including phenoxy) is 2. The zero-order chi connectivity index (χ0) is 14.8. The highest BCUT2D eigenvalue weighted by Crippen LogP contribution is 2.29. The lowest BCUT2D eigenvalue weighted by Crippen LogP contribution is -2.22. The van der Waals surface area contributed by atoms with E-state index in [0.717, 1.165) is 12.2 Å². The molecule has 1 atom stereocenters. The third-order valence-corrected chi connectivity index (χ3v) is 3.65. The van der Waals surface area contributed by atoms with Crippen molar-refractivity contribution in [3.05, 3.63) is 59.2 Å². The molecule has 21 heavy (non-hydrogen) atoms. The molecular weight excluding hydrogens is 268 g/mol. The lowest BCUT2D eigenvalue weighted by molar-refractivity contribution is 0.0695. The van der Waals surface area contributed by atoms with Crippen LogP contribution in [0.25, 0.3) is 0 Å². The van der Waals surface area contributed by atoms with Gasteiger partial charge in [0.15, 0.2) is 0 Å². The number of benzene rings is 2. The van der Waals surface area contributed by atoms with Gasteiger partial charge in [0.2, 0.25) is 0 Å². The van der Waals surface area contributed by atoms with Crippen LogP contribution in [-0.4, -0.2) is 23.8 Å². The van der Waals surface area contributed by atoms with Gasteiger partial charge in [-0.1, -0.05) is 24.3 Å². The van der Waals surface area contributed by atoms with Crippen LogP contribution in [-0.2, 0) is 6.42 Å². The Morgan fingerprint density at radius 1 is 1.29 bits per heavy atom. The number of carboxylic acids is 1. The van der Waals surface area contributed by atoms with Gasteiger partial charge < -0.3 is 14.6 Å². The second kappa shape index (κ2) is 5.48. The van der Waals surface area contributed by atoms with Crippen molar-refractivity contribution in [3.63, 3.8) is 0 Å². The molecule has 0 bridgehead atoms. The number of hydrogen-bond donors (Lipinski definition) is 1. The zero-order valence-electron chi connectivity index (χ0n) is 11.7. The Morgan fingerprint density at radius 3 is 2.86 bits per heavy atom. The van der Waals surface area contributed by atoms with E-state index in [0.29, 0.717) is 17.9 Å². The first-order chi connectivity index (χ1) is 10.1. The SMILES string of the molecule is Cc1c(OCC2Cc3ccccc3O2)cccc1C(=O)O. The summed E-state index contributed by atoms with van der Waals surface area (Å²) in [6, 6.07) is 13.0. The van der Waals surface area contributed by atoms with E-state index in [1.807, 2.05) is 24.3 Å². The molecule has 1 aliphatic rings. The Hall–Kier alpha value is -2.49. The molecule has 2 aromatic rings. The van der Waals surface area contributed by atoms with Crippen LogP contribution >= 0.6 is 0 Å². The molecule has 3 rings (SSSR count). The summed E-state index contributed by atoms with van der Waals surface area (Å²) in [5.41, 5.74) is 2.09. The van der Waals surface area contributed by atoms with Gasteiger partial charge in [-0.3, -0.25) is 0 Å². The second-order valence-electron chi connectivity index (χ2n) is 5.10. The molecule has 0 spiro atoms. The van der Waals surface area contributed by atoms with Gasteiger partial charge in [-0.15, -0.1) is 0 Å². The molecule has 0 fully saturated rings. The minimum Gasteiger partial charge on any atom is -0.489 e. The number of rotatable bonds is 4. The van der Waals surface area contributed by atoms with E-state index in [2.05, 4.69) is 0 Å². The quantitative estimate of drug-likeness (QED) is 0.937. The first kappa shape index (κ1) is 13.5. The molecule has 0 amide bonds. The molecule has 2 aromatic carbocycles. The average Bonchev–Trinajstić information content (AvgIpc) is 2.88. The third-order valence-electron chi connectivity index (χ3n) is 3.65. The monoisotopic (exact) mass is 284 g/mol. The first-order valence-corrected chi connectivity index (χ1v) is 6.85. The maximum atomic E-state index is 11.1.